The summed E-state index contributed by atoms with van der Waals surface area (Å²) in [4.78, 5) is 23.9. The molecule has 0 saturated heterocycles. The van der Waals surface area contributed by atoms with Gasteiger partial charge in [0.25, 0.3) is 0 Å². The molecule has 72 valence electrons. The summed E-state index contributed by atoms with van der Waals surface area (Å²) in [6, 6.07) is 0. The van der Waals surface area contributed by atoms with Crippen molar-refractivity contribution >= 4 is 23.0 Å². The van der Waals surface area contributed by atoms with Crippen molar-refractivity contribution in [3.05, 3.63) is 12.2 Å². The maximum Gasteiger partial charge on any atom is 0.312 e. The molecule has 2 aromatic heterocycles. The maximum absolute atomic E-state index is 10.4. The predicted molar refractivity (Wildman–Crippen MR) is 46.2 cm³/mol. The number of carboxylic acid groups (broad SMARTS) is 1. The van der Waals surface area contributed by atoms with Crippen molar-refractivity contribution in [1.29, 1.82) is 0 Å². The molecule has 0 saturated carbocycles. The zero-order chi connectivity index (χ0) is 10.1. The Morgan fingerprint density at radius 3 is 3.14 bits per heavy atom. The number of imidazole rings is 1. The number of nitrogens with zero attached hydrogens (tertiary/aromatic N) is 2. The monoisotopic (exact) mass is 194 g/mol. The van der Waals surface area contributed by atoms with E-state index in [1.165, 1.54) is 0 Å². The first-order valence-corrected chi connectivity index (χ1v) is 3.90. The Bertz CT molecular complexity index is 492. The normalized spacial score (nSPS) is 10.6. The Morgan fingerprint density at radius 2 is 2.43 bits per heavy atom. The van der Waals surface area contributed by atoms with Crippen molar-refractivity contribution in [3.8, 4) is 0 Å². The molecule has 0 fully saturated rings. The molecule has 0 atom stereocenters. The molecule has 7 heteroatoms. The van der Waals surface area contributed by atoms with Crippen LogP contribution in [0.1, 0.15) is 5.82 Å². The van der Waals surface area contributed by atoms with Crippen LogP contribution in [0, 0.1) is 0 Å². The van der Waals surface area contributed by atoms with Gasteiger partial charge in [-0.3, -0.25) is 9.78 Å². The number of rotatable bonds is 2. The van der Waals surface area contributed by atoms with Gasteiger partial charge in [0, 0.05) is 0 Å². The fraction of sp³-hybridized carbons (Fsp3) is 0.143. The summed E-state index contributed by atoms with van der Waals surface area (Å²) in [7, 11) is 0. The van der Waals surface area contributed by atoms with E-state index in [9.17, 15) is 4.79 Å². The third-order valence-corrected chi connectivity index (χ3v) is 1.72. The van der Waals surface area contributed by atoms with Gasteiger partial charge < -0.3 is 10.8 Å². The quantitative estimate of drug-likeness (QED) is 0.565. The minimum absolute atomic E-state index is 0.193. The van der Waals surface area contributed by atoms with Crippen LogP contribution in [0.5, 0.6) is 0 Å². The highest BCUT2D eigenvalue weighted by atomic mass is 16.4. The van der Waals surface area contributed by atoms with Crippen molar-refractivity contribution in [2.75, 3.05) is 5.73 Å². The van der Waals surface area contributed by atoms with Gasteiger partial charge in [-0.2, -0.15) is 4.98 Å². The van der Waals surface area contributed by atoms with E-state index in [0.29, 0.717) is 11.2 Å². The molecule has 0 aliphatic carbocycles. The zero-order valence-corrected chi connectivity index (χ0v) is 7.11. The maximum atomic E-state index is 10.4. The molecule has 0 aliphatic rings. The lowest BCUT2D eigenvalue weighted by atomic mass is 10.4. The number of nitrogen functional groups attached to an aromatic ring is 1. The van der Waals surface area contributed by atoms with E-state index < -0.39 is 5.97 Å². The molecule has 2 rings (SSSR count). The van der Waals surface area contributed by atoms with Gasteiger partial charge in [-0.1, -0.05) is 4.98 Å². The number of carboxylic acids is 1. The number of aromatic amines is 2. The molecule has 7 nitrogen and oxygen atoms in total. The molecular weight excluding hydrogens is 186 g/mol. The third kappa shape index (κ3) is 1.35. The molecule has 0 aliphatic heterocycles. The van der Waals surface area contributed by atoms with Crippen molar-refractivity contribution in [1.82, 2.24) is 15.0 Å². The molecular formula is C7H8N5O2+. The van der Waals surface area contributed by atoms with Crippen molar-refractivity contribution in [2.24, 2.45) is 0 Å². The molecule has 0 amide bonds. The van der Waals surface area contributed by atoms with Crippen LogP contribution < -0.4 is 10.7 Å². The summed E-state index contributed by atoms with van der Waals surface area (Å²) in [6.45, 7) is 0. The van der Waals surface area contributed by atoms with Gasteiger partial charge in [0.05, 0.1) is 0 Å². The molecule has 14 heavy (non-hydrogen) atoms. The first kappa shape index (κ1) is 8.42. The van der Waals surface area contributed by atoms with Gasteiger partial charge in [-0.05, 0) is 0 Å². The minimum Gasteiger partial charge on any atom is -0.481 e. The number of anilines is 1. The lowest BCUT2D eigenvalue weighted by molar-refractivity contribution is -0.347. The second-order valence-electron chi connectivity index (χ2n) is 2.75. The third-order valence-electron chi connectivity index (χ3n) is 1.72. The Morgan fingerprint density at radius 1 is 1.64 bits per heavy atom. The Hall–Kier alpha value is -2.18. The van der Waals surface area contributed by atoms with Gasteiger partial charge in [0.15, 0.2) is 12.1 Å². The molecule has 0 spiro atoms. The minimum atomic E-state index is -0.987. The number of fused-ring (bicyclic) bond motifs is 1. The van der Waals surface area contributed by atoms with E-state index in [0.717, 1.165) is 0 Å². The number of nitrogens with two attached hydrogens (primary N) is 1. The summed E-state index contributed by atoms with van der Waals surface area (Å²) >= 11 is 0. The van der Waals surface area contributed by atoms with Gasteiger partial charge in [-0.15, -0.1) is 0 Å². The first-order valence-electron chi connectivity index (χ1n) is 3.90. The zero-order valence-electron chi connectivity index (χ0n) is 7.11. The Balaban J connectivity index is 2.53. The summed E-state index contributed by atoms with van der Waals surface area (Å²) in [5.74, 6) is -0.551. The van der Waals surface area contributed by atoms with E-state index >= 15 is 0 Å². The Labute approximate surface area is 78.0 Å². The van der Waals surface area contributed by atoms with Crippen molar-refractivity contribution in [3.63, 3.8) is 0 Å². The summed E-state index contributed by atoms with van der Waals surface area (Å²) in [5.41, 5.74) is 6.67. The number of nitrogens with one attached hydrogen (secondary N) is 2. The van der Waals surface area contributed by atoms with E-state index in [4.69, 9.17) is 10.8 Å². The van der Waals surface area contributed by atoms with E-state index in [-0.39, 0.29) is 18.1 Å². The van der Waals surface area contributed by atoms with Crippen molar-refractivity contribution in [2.45, 2.75) is 6.42 Å². The average molecular weight is 194 g/mol. The predicted octanol–water partition coefficient (Wildman–Crippen LogP) is -1.02. The second-order valence-corrected chi connectivity index (χ2v) is 2.75. The van der Waals surface area contributed by atoms with Gasteiger partial charge in [0.2, 0.25) is 11.3 Å². The molecule has 0 aromatic carbocycles. The molecule has 5 N–H and O–H groups in total. The molecule has 2 heterocycles. The highest BCUT2D eigenvalue weighted by Crippen LogP contribution is 2.10. The topological polar surface area (TPSA) is 119 Å². The summed E-state index contributed by atoms with van der Waals surface area (Å²) in [6.07, 6.45) is 1.32. The van der Waals surface area contributed by atoms with Crippen LogP contribution in [-0.4, -0.2) is 26.0 Å². The van der Waals surface area contributed by atoms with E-state index in [1.54, 1.807) is 6.33 Å². The van der Waals surface area contributed by atoms with Crippen LogP contribution in [0.4, 0.5) is 5.82 Å². The van der Waals surface area contributed by atoms with Crippen LogP contribution in [0.3, 0.4) is 0 Å². The number of aromatic nitrogens is 4. The first-order chi connectivity index (χ1) is 6.66. The fourth-order valence-electron chi connectivity index (χ4n) is 1.16. The number of hydrogen-bond acceptors (Lipinski definition) is 4. The van der Waals surface area contributed by atoms with Gasteiger partial charge in [0.1, 0.15) is 6.42 Å². The molecule has 2 aromatic rings. The van der Waals surface area contributed by atoms with Crippen molar-refractivity contribution < 1.29 is 14.9 Å². The fourth-order valence-corrected chi connectivity index (χ4v) is 1.16. The lowest BCUT2D eigenvalue weighted by Crippen LogP contribution is -2.09. The Kier molecular flexibility index (Phi) is 1.77. The molecule has 0 unspecified atom stereocenters. The summed E-state index contributed by atoms with van der Waals surface area (Å²) < 4.78 is 0. The second kappa shape index (κ2) is 2.95. The number of carbonyl (C=O) groups is 1. The number of H-pyrrole nitrogens is 2. The average Bonchev–Trinajstić information content (AvgIpc) is 2.50. The van der Waals surface area contributed by atoms with Crippen LogP contribution in [0.15, 0.2) is 6.33 Å². The lowest BCUT2D eigenvalue weighted by Gasteiger charge is -1.93. The van der Waals surface area contributed by atoms with Gasteiger partial charge >= 0.3 is 11.6 Å². The highest BCUT2D eigenvalue weighted by molar-refractivity contribution is 5.79. The molecule has 0 radical (unpaired) electrons. The largest absolute Gasteiger partial charge is 0.481 e. The van der Waals surface area contributed by atoms with Crippen LogP contribution in [0.25, 0.3) is 11.2 Å². The standard InChI is InChI=1S/C7H7N5O2/c8-6-5-7(10-2-9-5)12-3(11-6)1-4(13)14/h2H,1H2,(H,13,14)(H3,8,9,10,11,12)/p+1. The number of aliphatic carboxylic acids is 1. The van der Waals surface area contributed by atoms with E-state index in [2.05, 4.69) is 19.9 Å². The number of hydrogen-bond donors (Lipinski definition) is 3. The highest BCUT2D eigenvalue weighted by Gasteiger charge is 2.15. The molecule has 0 bridgehead atoms. The van der Waals surface area contributed by atoms with Crippen LogP contribution >= 0.6 is 0 Å². The SMILES string of the molecule is Nc1nc(CC(=O)O)nc2[nH+]c[nH]c12. The van der Waals surface area contributed by atoms with Crippen LogP contribution in [-0.2, 0) is 11.2 Å². The smallest absolute Gasteiger partial charge is 0.312 e. The van der Waals surface area contributed by atoms with Crippen LogP contribution in [0.2, 0.25) is 0 Å². The summed E-state index contributed by atoms with van der Waals surface area (Å²) in [5, 5.41) is 8.54. The van der Waals surface area contributed by atoms with Gasteiger partial charge in [-0.25, -0.2) is 4.98 Å². The van der Waals surface area contributed by atoms with E-state index in [1.807, 2.05) is 0 Å².